The summed E-state index contributed by atoms with van der Waals surface area (Å²) in [4.78, 5) is 12.5. The number of carbonyl (C=O) groups excluding carboxylic acids is 1. The Morgan fingerprint density at radius 2 is 2.24 bits per heavy atom. The quantitative estimate of drug-likeness (QED) is 0.920. The Balaban J connectivity index is 1.76. The molecule has 2 aromatic heterocycles. The van der Waals surface area contributed by atoms with Gasteiger partial charge in [0.05, 0.1) is 11.6 Å². The molecule has 1 saturated heterocycles. The number of amides is 1. The Kier molecular flexibility index (Phi) is 3.50. The second-order valence-corrected chi connectivity index (χ2v) is 5.35. The Morgan fingerprint density at radius 1 is 1.43 bits per heavy atom. The molecule has 3 rings (SSSR count). The summed E-state index contributed by atoms with van der Waals surface area (Å²) in [6.45, 7) is 2.52. The Hall–Kier alpha value is -2.15. The zero-order valence-corrected chi connectivity index (χ0v) is 12.4. The van der Waals surface area contributed by atoms with Crippen LogP contribution in [-0.2, 0) is 23.6 Å². The molecule has 2 aromatic rings. The number of hydrogen-bond acceptors (Lipinski definition) is 4. The summed E-state index contributed by atoms with van der Waals surface area (Å²) in [5.41, 5.74) is 1.92. The number of aryl methyl sites for hydroxylation is 3. The average molecular weight is 289 g/mol. The third kappa shape index (κ3) is 2.56. The van der Waals surface area contributed by atoms with Crippen LogP contribution in [0.3, 0.4) is 0 Å². The summed E-state index contributed by atoms with van der Waals surface area (Å²) in [5.74, 6) is 0.301. The van der Waals surface area contributed by atoms with Gasteiger partial charge in [-0.1, -0.05) is 0 Å². The monoisotopic (exact) mass is 289 g/mol. The average Bonchev–Trinajstić information content (AvgIpc) is 3.11. The molecular weight excluding hydrogens is 270 g/mol. The molecule has 7 heteroatoms. The van der Waals surface area contributed by atoms with Gasteiger partial charge in [-0.05, 0) is 19.4 Å². The van der Waals surface area contributed by atoms with Crippen molar-refractivity contribution in [2.75, 3.05) is 11.9 Å². The fourth-order valence-electron chi connectivity index (χ4n) is 2.65. The normalized spacial score (nSPS) is 21.7. The summed E-state index contributed by atoms with van der Waals surface area (Å²) in [6.07, 6.45) is 2.17. The van der Waals surface area contributed by atoms with E-state index in [1.165, 1.54) is 0 Å². The fraction of sp³-hybridized carbons (Fsp3) is 0.500. The van der Waals surface area contributed by atoms with E-state index in [1.54, 1.807) is 15.6 Å². The zero-order valence-electron chi connectivity index (χ0n) is 12.4. The number of nitrogens with one attached hydrogen (secondary N) is 1. The van der Waals surface area contributed by atoms with E-state index in [0.717, 1.165) is 11.4 Å². The summed E-state index contributed by atoms with van der Waals surface area (Å²) in [7, 11) is 3.70. The highest BCUT2D eigenvalue weighted by molar-refractivity contribution is 5.92. The highest BCUT2D eigenvalue weighted by atomic mass is 16.5. The van der Waals surface area contributed by atoms with Crippen molar-refractivity contribution in [2.24, 2.45) is 20.0 Å². The maximum Gasteiger partial charge on any atom is 0.231 e. The van der Waals surface area contributed by atoms with E-state index in [0.29, 0.717) is 18.8 Å². The number of carbonyl (C=O) groups is 1. The van der Waals surface area contributed by atoms with Gasteiger partial charge >= 0.3 is 0 Å². The van der Waals surface area contributed by atoms with Crippen LogP contribution in [0.5, 0.6) is 0 Å². The van der Waals surface area contributed by atoms with E-state index in [2.05, 4.69) is 15.5 Å². The summed E-state index contributed by atoms with van der Waals surface area (Å²) in [6, 6.07) is 3.74. The van der Waals surface area contributed by atoms with E-state index >= 15 is 0 Å². The summed E-state index contributed by atoms with van der Waals surface area (Å²) >= 11 is 0. The van der Waals surface area contributed by atoms with Gasteiger partial charge in [-0.3, -0.25) is 14.2 Å². The maximum atomic E-state index is 12.5. The van der Waals surface area contributed by atoms with Crippen LogP contribution >= 0.6 is 0 Å². The van der Waals surface area contributed by atoms with E-state index in [1.807, 2.05) is 33.2 Å². The lowest BCUT2D eigenvalue weighted by molar-refractivity contribution is -0.121. The van der Waals surface area contributed by atoms with Crippen LogP contribution in [0.15, 0.2) is 18.3 Å². The first kappa shape index (κ1) is 13.8. The smallest absolute Gasteiger partial charge is 0.231 e. The second-order valence-electron chi connectivity index (χ2n) is 5.35. The minimum Gasteiger partial charge on any atom is -0.371 e. The lowest BCUT2D eigenvalue weighted by atomic mass is 9.98. The van der Waals surface area contributed by atoms with Gasteiger partial charge in [0.1, 0.15) is 6.10 Å². The van der Waals surface area contributed by atoms with Crippen molar-refractivity contribution >= 4 is 11.7 Å². The number of anilines is 1. The third-order valence-corrected chi connectivity index (χ3v) is 3.94. The van der Waals surface area contributed by atoms with Gasteiger partial charge in [0.25, 0.3) is 0 Å². The van der Waals surface area contributed by atoms with Gasteiger partial charge in [0.15, 0.2) is 5.82 Å². The molecule has 0 radical (unpaired) electrons. The van der Waals surface area contributed by atoms with Crippen LogP contribution in [0.2, 0.25) is 0 Å². The van der Waals surface area contributed by atoms with E-state index in [-0.39, 0.29) is 17.9 Å². The molecule has 0 aliphatic carbocycles. The van der Waals surface area contributed by atoms with E-state index in [9.17, 15) is 4.79 Å². The highest BCUT2D eigenvalue weighted by Crippen LogP contribution is 2.34. The van der Waals surface area contributed by atoms with Crippen LogP contribution in [0.4, 0.5) is 5.82 Å². The first-order valence-electron chi connectivity index (χ1n) is 6.97. The molecule has 21 heavy (non-hydrogen) atoms. The van der Waals surface area contributed by atoms with Crippen molar-refractivity contribution < 1.29 is 9.53 Å². The van der Waals surface area contributed by atoms with Crippen molar-refractivity contribution in [2.45, 2.75) is 19.4 Å². The molecule has 0 bridgehead atoms. The topological polar surface area (TPSA) is 74.0 Å². The second kappa shape index (κ2) is 5.33. The van der Waals surface area contributed by atoms with Gasteiger partial charge in [-0.2, -0.15) is 10.2 Å². The molecule has 0 spiro atoms. The molecule has 1 N–H and O–H groups in total. The first-order chi connectivity index (χ1) is 10.1. The molecule has 0 saturated carbocycles. The number of aromatic nitrogens is 4. The summed E-state index contributed by atoms with van der Waals surface area (Å²) in [5, 5.41) is 11.3. The summed E-state index contributed by atoms with van der Waals surface area (Å²) < 4.78 is 9.22. The van der Waals surface area contributed by atoms with E-state index < -0.39 is 0 Å². The Morgan fingerprint density at radius 3 is 2.86 bits per heavy atom. The maximum absolute atomic E-state index is 12.5. The molecule has 7 nitrogen and oxygen atoms in total. The predicted molar refractivity (Wildman–Crippen MR) is 76.6 cm³/mol. The minimum atomic E-state index is -0.248. The van der Waals surface area contributed by atoms with Gasteiger partial charge in [-0.15, -0.1) is 0 Å². The highest BCUT2D eigenvalue weighted by Gasteiger charge is 2.37. The van der Waals surface area contributed by atoms with Gasteiger partial charge in [-0.25, -0.2) is 0 Å². The molecular formula is C14H19N5O2. The van der Waals surface area contributed by atoms with Gasteiger partial charge in [0.2, 0.25) is 5.91 Å². The van der Waals surface area contributed by atoms with Crippen molar-refractivity contribution in [3.8, 4) is 0 Å². The van der Waals surface area contributed by atoms with Crippen LogP contribution < -0.4 is 5.32 Å². The fourth-order valence-corrected chi connectivity index (χ4v) is 2.65. The molecule has 0 aromatic carbocycles. The molecule has 0 unspecified atom stereocenters. The van der Waals surface area contributed by atoms with Crippen molar-refractivity contribution in [3.63, 3.8) is 0 Å². The van der Waals surface area contributed by atoms with Gasteiger partial charge in [0, 0.05) is 38.7 Å². The van der Waals surface area contributed by atoms with Crippen LogP contribution in [0.1, 0.15) is 23.9 Å². The van der Waals surface area contributed by atoms with Crippen LogP contribution in [0, 0.1) is 12.8 Å². The standard InChI is InChI=1S/C14H19N5O2/c1-9-8-12(17-18(9)2)16-14(20)10-5-7-21-13(10)11-4-6-15-19(11)3/h4,6,8,10,13H,5,7H2,1-3H3,(H,16,17,20)/t10-,13-/m1/s1. The lowest BCUT2D eigenvalue weighted by Crippen LogP contribution is -2.26. The third-order valence-electron chi connectivity index (χ3n) is 3.94. The molecule has 1 fully saturated rings. The number of nitrogens with zero attached hydrogens (tertiary/aromatic N) is 4. The molecule has 1 amide bonds. The van der Waals surface area contributed by atoms with Crippen molar-refractivity contribution in [1.29, 1.82) is 0 Å². The molecule has 112 valence electrons. The first-order valence-corrected chi connectivity index (χ1v) is 6.97. The molecule has 2 atom stereocenters. The van der Waals surface area contributed by atoms with Crippen molar-refractivity contribution in [3.05, 3.63) is 29.7 Å². The largest absolute Gasteiger partial charge is 0.371 e. The molecule has 3 heterocycles. The van der Waals surface area contributed by atoms with Crippen LogP contribution in [0.25, 0.3) is 0 Å². The van der Waals surface area contributed by atoms with Crippen LogP contribution in [-0.4, -0.2) is 32.1 Å². The number of rotatable bonds is 3. The number of hydrogen-bond donors (Lipinski definition) is 1. The predicted octanol–water partition coefficient (Wildman–Crippen LogP) is 1.18. The van der Waals surface area contributed by atoms with E-state index in [4.69, 9.17) is 4.74 Å². The van der Waals surface area contributed by atoms with Crippen molar-refractivity contribution in [1.82, 2.24) is 19.6 Å². The molecule has 1 aliphatic rings. The molecule has 1 aliphatic heterocycles. The zero-order chi connectivity index (χ0) is 15.0. The SMILES string of the molecule is Cc1cc(NC(=O)[C@@H]2CCO[C@H]2c2ccnn2C)nn1C. The minimum absolute atomic E-state index is 0.0585. The number of ether oxygens (including phenoxy) is 1. The Bertz CT molecular complexity index is 641. The Labute approximate surface area is 122 Å². The lowest BCUT2D eigenvalue weighted by Gasteiger charge is -2.17. The van der Waals surface area contributed by atoms with Gasteiger partial charge < -0.3 is 10.1 Å².